The standard InChI is InChI=1S/C19H23NO3/c1-14-5-8-16(9-6-14)18(21)11-12-19(22)20-15(2)7-10-17-4-3-13-23-17/h3-6,8-9,13,15H,7,10-12H2,1-2H3,(H,20,22)/t15-/m1/s1. The summed E-state index contributed by atoms with van der Waals surface area (Å²) in [7, 11) is 0. The van der Waals surface area contributed by atoms with E-state index in [9.17, 15) is 9.59 Å². The lowest BCUT2D eigenvalue weighted by atomic mass is 10.0. The molecule has 0 unspecified atom stereocenters. The molecule has 4 nitrogen and oxygen atoms in total. The van der Waals surface area contributed by atoms with Gasteiger partial charge >= 0.3 is 0 Å². The van der Waals surface area contributed by atoms with Gasteiger partial charge in [-0.1, -0.05) is 29.8 Å². The molecule has 1 atom stereocenters. The van der Waals surface area contributed by atoms with E-state index >= 15 is 0 Å². The van der Waals surface area contributed by atoms with Gasteiger partial charge in [-0.2, -0.15) is 0 Å². The molecule has 0 aliphatic carbocycles. The molecule has 0 aliphatic rings. The van der Waals surface area contributed by atoms with Gasteiger partial charge < -0.3 is 9.73 Å². The molecule has 1 amide bonds. The van der Waals surface area contributed by atoms with Gasteiger partial charge in [-0.3, -0.25) is 9.59 Å². The number of rotatable bonds is 8. The van der Waals surface area contributed by atoms with E-state index in [1.807, 2.05) is 50.2 Å². The zero-order valence-corrected chi connectivity index (χ0v) is 13.7. The first kappa shape index (κ1) is 17.0. The van der Waals surface area contributed by atoms with Gasteiger partial charge in [-0.25, -0.2) is 0 Å². The van der Waals surface area contributed by atoms with Crippen molar-refractivity contribution in [3.8, 4) is 0 Å². The highest BCUT2D eigenvalue weighted by Gasteiger charge is 2.12. The number of nitrogens with one attached hydrogen (secondary N) is 1. The van der Waals surface area contributed by atoms with Crippen molar-refractivity contribution in [3.63, 3.8) is 0 Å². The van der Waals surface area contributed by atoms with Gasteiger partial charge in [0.1, 0.15) is 5.76 Å². The lowest BCUT2D eigenvalue weighted by Gasteiger charge is -2.13. The van der Waals surface area contributed by atoms with E-state index in [1.165, 1.54) is 0 Å². The van der Waals surface area contributed by atoms with Gasteiger partial charge in [-0.05, 0) is 32.4 Å². The van der Waals surface area contributed by atoms with E-state index in [0.717, 1.165) is 24.2 Å². The summed E-state index contributed by atoms with van der Waals surface area (Å²) in [6.45, 7) is 3.94. The van der Waals surface area contributed by atoms with Crippen molar-refractivity contribution in [1.29, 1.82) is 0 Å². The lowest BCUT2D eigenvalue weighted by Crippen LogP contribution is -2.33. The summed E-state index contributed by atoms with van der Waals surface area (Å²) >= 11 is 0. The number of carbonyl (C=O) groups excluding carboxylic acids is 2. The third-order valence-corrected chi connectivity index (χ3v) is 3.76. The minimum atomic E-state index is -0.0857. The molecule has 0 radical (unpaired) electrons. The minimum Gasteiger partial charge on any atom is -0.469 e. The molecule has 23 heavy (non-hydrogen) atoms. The van der Waals surface area contributed by atoms with E-state index < -0.39 is 0 Å². The summed E-state index contributed by atoms with van der Waals surface area (Å²) in [5.41, 5.74) is 1.78. The fourth-order valence-corrected chi connectivity index (χ4v) is 2.34. The number of carbonyl (C=O) groups is 2. The molecule has 0 aliphatic heterocycles. The molecule has 0 spiro atoms. The van der Waals surface area contributed by atoms with Crippen LogP contribution in [0.1, 0.15) is 47.9 Å². The number of Topliss-reactive ketones (excluding diaryl/α,β-unsaturated/α-hetero) is 1. The van der Waals surface area contributed by atoms with Crippen LogP contribution < -0.4 is 5.32 Å². The van der Waals surface area contributed by atoms with Crippen LogP contribution in [-0.4, -0.2) is 17.7 Å². The monoisotopic (exact) mass is 313 g/mol. The Kier molecular flexibility index (Phi) is 6.15. The smallest absolute Gasteiger partial charge is 0.220 e. The van der Waals surface area contributed by atoms with Crippen molar-refractivity contribution < 1.29 is 14.0 Å². The highest BCUT2D eigenvalue weighted by atomic mass is 16.3. The van der Waals surface area contributed by atoms with Crippen LogP contribution in [0.5, 0.6) is 0 Å². The van der Waals surface area contributed by atoms with Crippen molar-refractivity contribution in [1.82, 2.24) is 5.32 Å². The summed E-state index contributed by atoms with van der Waals surface area (Å²) in [4.78, 5) is 24.0. The number of ketones is 1. The molecule has 2 aromatic rings. The Hall–Kier alpha value is -2.36. The summed E-state index contributed by atoms with van der Waals surface area (Å²) in [5, 5.41) is 2.93. The van der Waals surface area contributed by atoms with Crippen molar-refractivity contribution in [2.75, 3.05) is 0 Å². The first-order chi connectivity index (χ1) is 11.0. The van der Waals surface area contributed by atoms with E-state index in [2.05, 4.69) is 5.32 Å². The predicted octanol–water partition coefficient (Wildman–Crippen LogP) is 3.69. The summed E-state index contributed by atoms with van der Waals surface area (Å²) in [6.07, 6.45) is 3.70. The molecular formula is C19H23NO3. The number of furan rings is 1. The molecule has 0 fully saturated rings. The van der Waals surface area contributed by atoms with Crippen molar-refractivity contribution in [2.24, 2.45) is 0 Å². The zero-order valence-electron chi connectivity index (χ0n) is 13.7. The number of hydrogen-bond donors (Lipinski definition) is 1. The predicted molar refractivity (Wildman–Crippen MR) is 89.4 cm³/mol. The van der Waals surface area contributed by atoms with Gasteiger partial charge in [0.2, 0.25) is 5.91 Å². The van der Waals surface area contributed by atoms with Crippen molar-refractivity contribution in [2.45, 2.75) is 45.6 Å². The SMILES string of the molecule is Cc1ccc(C(=O)CCC(=O)N[C@H](C)CCc2ccco2)cc1. The maximum Gasteiger partial charge on any atom is 0.220 e. The Morgan fingerprint density at radius 2 is 1.87 bits per heavy atom. The molecule has 122 valence electrons. The van der Waals surface area contributed by atoms with Crippen molar-refractivity contribution in [3.05, 3.63) is 59.5 Å². The molecule has 0 saturated heterocycles. The van der Waals surface area contributed by atoms with Crippen LogP contribution in [0.3, 0.4) is 0 Å². The van der Waals surface area contributed by atoms with E-state index in [1.54, 1.807) is 6.26 Å². The molecule has 1 aromatic heterocycles. The third-order valence-electron chi connectivity index (χ3n) is 3.76. The normalized spacial score (nSPS) is 11.9. The van der Waals surface area contributed by atoms with E-state index in [-0.39, 0.29) is 30.6 Å². The molecule has 1 heterocycles. The van der Waals surface area contributed by atoms with Crippen LogP contribution in [-0.2, 0) is 11.2 Å². The van der Waals surface area contributed by atoms with Gasteiger partial charge in [0, 0.05) is 30.9 Å². The van der Waals surface area contributed by atoms with Crippen LogP contribution in [0.25, 0.3) is 0 Å². The number of amides is 1. The second-order valence-electron chi connectivity index (χ2n) is 5.88. The van der Waals surface area contributed by atoms with Gasteiger partial charge in [0.05, 0.1) is 6.26 Å². The number of aryl methyl sites for hydroxylation is 2. The first-order valence-corrected chi connectivity index (χ1v) is 7.96. The maximum absolute atomic E-state index is 12.0. The molecule has 4 heteroatoms. The zero-order chi connectivity index (χ0) is 16.7. The molecule has 1 N–H and O–H groups in total. The number of hydrogen-bond acceptors (Lipinski definition) is 3. The average Bonchev–Trinajstić information content (AvgIpc) is 3.05. The largest absolute Gasteiger partial charge is 0.469 e. The van der Waals surface area contributed by atoms with Gasteiger partial charge in [0.25, 0.3) is 0 Å². The van der Waals surface area contributed by atoms with Crippen LogP contribution in [0.2, 0.25) is 0 Å². The Labute approximate surface area is 136 Å². The topological polar surface area (TPSA) is 59.3 Å². The highest BCUT2D eigenvalue weighted by molar-refractivity contribution is 5.97. The van der Waals surface area contributed by atoms with Crippen LogP contribution in [0.15, 0.2) is 47.1 Å². The Balaban J connectivity index is 1.69. The van der Waals surface area contributed by atoms with E-state index in [0.29, 0.717) is 5.56 Å². The van der Waals surface area contributed by atoms with Gasteiger partial charge in [-0.15, -0.1) is 0 Å². The Bertz CT molecular complexity index is 629. The van der Waals surface area contributed by atoms with Gasteiger partial charge in [0.15, 0.2) is 5.78 Å². The highest BCUT2D eigenvalue weighted by Crippen LogP contribution is 2.09. The fraction of sp³-hybridized carbons (Fsp3) is 0.368. The number of benzene rings is 1. The summed E-state index contributed by atoms with van der Waals surface area (Å²) < 4.78 is 5.27. The van der Waals surface area contributed by atoms with Crippen molar-refractivity contribution >= 4 is 11.7 Å². The maximum atomic E-state index is 12.0. The van der Waals surface area contributed by atoms with Crippen LogP contribution >= 0.6 is 0 Å². The summed E-state index contributed by atoms with van der Waals surface area (Å²) in [6, 6.07) is 11.3. The molecule has 2 rings (SSSR count). The minimum absolute atomic E-state index is 0.00314. The molecule has 0 bridgehead atoms. The quantitative estimate of drug-likeness (QED) is 0.756. The first-order valence-electron chi connectivity index (χ1n) is 7.96. The lowest BCUT2D eigenvalue weighted by molar-refractivity contribution is -0.121. The fourth-order valence-electron chi connectivity index (χ4n) is 2.34. The molecule has 1 aromatic carbocycles. The third kappa shape index (κ3) is 5.74. The second-order valence-corrected chi connectivity index (χ2v) is 5.88. The Morgan fingerprint density at radius 3 is 2.52 bits per heavy atom. The summed E-state index contributed by atoms with van der Waals surface area (Å²) in [5.74, 6) is 0.835. The second kappa shape index (κ2) is 8.32. The average molecular weight is 313 g/mol. The molecular weight excluding hydrogens is 290 g/mol. The molecule has 0 saturated carbocycles. The van der Waals surface area contributed by atoms with Crippen LogP contribution in [0, 0.1) is 6.92 Å². The Morgan fingerprint density at radius 1 is 1.13 bits per heavy atom. The van der Waals surface area contributed by atoms with Crippen LogP contribution in [0.4, 0.5) is 0 Å². The van der Waals surface area contributed by atoms with E-state index in [4.69, 9.17) is 4.42 Å².